The molecule has 0 aromatic carbocycles. The zero-order valence-corrected chi connectivity index (χ0v) is 16.2. The van der Waals surface area contributed by atoms with Crippen molar-refractivity contribution in [1.82, 2.24) is 10.6 Å². The molecule has 146 valence electrons. The molecule has 1 unspecified atom stereocenters. The van der Waals surface area contributed by atoms with Gasteiger partial charge in [-0.15, -0.1) is 13.2 Å². The van der Waals surface area contributed by atoms with Crippen LogP contribution >= 0.6 is 6.89 Å². The molecule has 0 aliphatic carbocycles. The Kier molecular flexibility index (Phi) is 6.45. The van der Waals surface area contributed by atoms with Crippen LogP contribution in [0.4, 0.5) is 0 Å². The molecule has 5 atom stereocenters. The van der Waals surface area contributed by atoms with E-state index < -0.39 is 49.0 Å². The minimum atomic E-state index is -1.31. The molecule has 4 N–H and O–H groups in total. The molecule has 2 aliphatic heterocycles. The molecule has 9 heteroatoms. The average Bonchev–Trinajstić information content (AvgIpc) is 2.79. The zero-order chi connectivity index (χ0) is 19.6. The molecule has 26 heavy (non-hydrogen) atoms. The first-order valence-corrected chi connectivity index (χ1v) is 11.5. The lowest BCUT2D eigenvalue weighted by molar-refractivity contribution is -0.136. The van der Waals surface area contributed by atoms with Gasteiger partial charge in [0.25, 0.3) is 5.91 Å². The standard InChI is InChI=1S/C17H27N2O6P/c1-9(20)18-8-10-7-11(17(24)19-16(10)23)15-14(22)13(21)12(25-15)5-6-26(2,3)4/h7,11-15,21-22H,2,5-6,8H2,1,3-4H3,(H,18,20)(H,19,23,24)/t11-,12+,13+,14+,15?/m0/s1. The van der Waals surface area contributed by atoms with E-state index in [2.05, 4.69) is 30.3 Å². The summed E-state index contributed by atoms with van der Waals surface area (Å²) in [7, 11) is 0. The molecule has 0 saturated carbocycles. The van der Waals surface area contributed by atoms with Crippen LogP contribution in [0.3, 0.4) is 0 Å². The molecular formula is C17H27N2O6P. The molecule has 2 rings (SSSR count). The van der Waals surface area contributed by atoms with E-state index in [4.69, 9.17) is 4.74 Å². The number of aliphatic hydroxyl groups excluding tert-OH is 2. The number of hydrogen-bond donors (Lipinski definition) is 4. The second kappa shape index (κ2) is 8.05. The maximum absolute atomic E-state index is 12.2. The van der Waals surface area contributed by atoms with Gasteiger partial charge in [-0.2, -0.15) is 0 Å². The van der Waals surface area contributed by atoms with E-state index in [1.165, 1.54) is 13.0 Å². The molecular weight excluding hydrogens is 359 g/mol. The van der Waals surface area contributed by atoms with Crippen molar-refractivity contribution >= 4 is 30.9 Å². The third-order valence-electron chi connectivity index (χ3n) is 4.51. The number of imide groups is 1. The fourth-order valence-electron chi connectivity index (χ4n) is 3.04. The Balaban J connectivity index is 2.14. The van der Waals surface area contributed by atoms with Crippen LogP contribution in [0.2, 0.25) is 0 Å². The third kappa shape index (κ3) is 5.04. The SMILES string of the molecule is C=P(C)(C)CC[C@H]1OC([C@@H]2C=C(CNC(C)=O)C(=O)NC2=O)[C@H](O)[C@@H]1O. The smallest absolute Gasteiger partial charge is 0.255 e. The van der Waals surface area contributed by atoms with Gasteiger partial charge >= 0.3 is 0 Å². The molecule has 1 saturated heterocycles. The number of rotatable bonds is 6. The van der Waals surface area contributed by atoms with Gasteiger partial charge in [-0.05, 0) is 25.9 Å². The van der Waals surface area contributed by atoms with Gasteiger partial charge in [0.05, 0.1) is 12.0 Å². The molecule has 0 spiro atoms. The highest BCUT2D eigenvalue weighted by Gasteiger charge is 2.48. The van der Waals surface area contributed by atoms with Gasteiger partial charge in [0, 0.05) is 19.0 Å². The maximum atomic E-state index is 12.2. The quantitative estimate of drug-likeness (QED) is 0.340. The van der Waals surface area contributed by atoms with Crippen LogP contribution in [0.1, 0.15) is 13.3 Å². The van der Waals surface area contributed by atoms with Crippen molar-refractivity contribution in [2.24, 2.45) is 5.92 Å². The lowest BCUT2D eigenvalue weighted by Gasteiger charge is -2.26. The van der Waals surface area contributed by atoms with Gasteiger partial charge in [0.1, 0.15) is 18.3 Å². The summed E-state index contributed by atoms with van der Waals surface area (Å²) in [5.74, 6) is -2.41. The molecule has 8 nitrogen and oxygen atoms in total. The van der Waals surface area contributed by atoms with Crippen LogP contribution in [0.15, 0.2) is 11.6 Å². The summed E-state index contributed by atoms with van der Waals surface area (Å²) in [4.78, 5) is 35.2. The predicted molar refractivity (Wildman–Crippen MR) is 99.5 cm³/mol. The van der Waals surface area contributed by atoms with E-state index in [1.807, 2.05) is 0 Å². The molecule has 2 heterocycles. The Hall–Kier alpha value is -1.47. The maximum Gasteiger partial charge on any atom is 0.255 e. The Morgan fingerprint density at radius 2 is 2.00 bits per heavy atom. The highest BCUT2D eigenvalue weighted by Crippen LogP contribution is 2.39. The monoisotopic (exact) mass is 386 g/mol. The van der Waals surface area contributed by atoms with Gasteiger partial charge in [-0.1, -0.05) is 6.08 Å². The summed E-state index contributed by atoms with van der Waals surface area (Å²) in [6.45, 7) is 4.12. The van der Waals surface area contributed by atoms with E-state index in [0.717, 1.165) is 6.16 Å². The van der Waals surface area contributed by atoms with Crippen molar-refractivity contribution < 1.29 is 29.3 Å². The van der Waals surface area contributed by atoms with E-state index in [-0.39, 0.29) is 18.0 Å². The second-order valence-electron chi connectivity index (χ2n) is 7.51. The van der Waals surface area contributed by atoms with Crippen LogP contribution in [-0.2, 0) is 19.1 Å². The fourth-order valence-corrected chi connectivity index (χ4v) is 3.99. The number of ether oxygens (including phenoxy) is 1. The molecule has 0 bridgehead atoms. The number of aliphatic hydroxyl groups is 2. The van der Waals surface area contributed by atoms with Gasteiger partial charge in [-0.25, -0.2) is 0 Å². The Morgan fingerprint density at radius 3 is 2.58 bits per heavy atom. The van der Waals surface area contributed by atoms with E-state index >= 15 is 0 Å². The minimum absolute atomic E-state index is 0.0279. The third-order valence-corrected chi connectivity index (χ3v) is 5.98. The van der Waals surface area contributed by atoms with Crippen molar-refractivity contribution in [3.05, 3.63) is 11.6 Å². The zero-order valence-electron chi connectivity index (χ0n) is 15.3. The topological polar surface area (TPSA) is 125 Å². The summed E-state index contributed by atoms with van der Waals surface area (Å²) in [6, 6.07) is 0. The minimum Gasteiger partial charge on any atom is -0.388 e. The van der Waals surface area contributed by atoms with Crippen LogP contribution < -0.4 is 10.6 Å². The van der Waals surface area contributed by atoms with Gasteiger partial charge in [0.2, 0.25) is 11.8 Å². The van der Waals surface area contributed by atoms with Crippen LogP contribution in [0.25, 0.3) is 0 Å². The Morgan fingerprint density at radius 1 is 1.35 bits per heavy atom. The average molecular weight is 386 g/mol. The molecule has 2 aliphatic rings. The second-order valence-corrected chi connectivity index (χ2v) is 11.8. The van der Waals surface area contributed by atoms with E-state index in [9.17, 15) is 24.6 Å². The van der Waals surface area contributed by atoms with E-state index in [0.29, 0.717) is 6.42 Å². The number of carbonyl (C=O) groups excluding carboxylic acids is 3. The van der Waals surface area contributed by atoms with Crippen molar-refractivity contribution in [2.75, 3.05) is 26.0 Å². The summed E-state index contributed by atoms with van der Waals surface area (Å²) < 4.78 is 5.79. The molecule has 0 radical (unpaired) electrons. The molecule has 3 amide bonds. The highest BCUT2D eigenvalue weighted by atomic mass is 31.2. The molecule has 0 aromatic rings. The lowest BCUT2D eigenvalue weighted by atomic mass is 9.90. The molecule has 1 fully saturated rings. The van der Waals surface area contributed by atoms with Gasteiger partial charge in [-0.3, -0.25) is 19.7 Å². The van der Waals surface area contributed by atoms with Crippen molar-refractivity contribution in [1.29, 1.82) is 0 Å². The Bertz CT molecular complexity index is 670. The summed E-state index contributed by atoms with van der Waals surface area (Å²) in [6.07, 6.45) is 2.94. The van der Waals surface area contributed by atoms with Crippen molar-refractivity contribution in [3.63, 3.8) is 0 Å². The first kappa shape index (κ1) is 20.8. The largest absolute Gasteiger partial charge is 0.388 e. The summed E-state index contributed by atoms with van der Waals surface area (Å²) in [5, 5.41) is 25.3. The summed E-state index contributed by atoms with van der Waals surface area (Å²) >= 11 is 0. The summed E-state index contributed by atoms with van der Waals surface area (Å²) in [5.41, 5.74) is 0.211. The fraction of sp³-hybridized carbons (Fsp3) is 0.647. The van der Waals surface area contributed by atoms with E-state index in [1.54, 1.807) is 0 Å². The van der Waals surface area contributed by atoms with Crippen LogP contribution in [0.5, 0.6) is 0 Å². The number of amides is 3. The number of carbonyl (C=O) groups is 3. The lowest BCUT2D eigenvalue weighted by Crippen LogP contribution is -2.49. The Labute approximate surface area is 153 Å². The van der Waals surface area contributed by atoms with Crippen LogP contribution in [-0.4, -0.2) is 84.7 Å². The first-order valence-electron chi connectivity index (χ1n) is 8.49. The van der Waals surface area contributed by atoms with Gasteiger partial charge in [0.15, 0.2) is 0 Å². The molecule has 0 aromatic heterocycles. The normalized spacial score (nSPS) is 32.2. The highest BCUT2D eigenvalue weighted by molar-refractivity contribution is 7.72. The van der Waals surface area contributed by atoms with Crippen molar-refractivity contribution in [2.45, 2.75) is 37.8 Å². The number of hydrogen-bond acceptors (Lipinski definition) is 6. The van der Waals surface area contributed by atoms with Gasteiger partial charge < -0.3 is 20.3 Å². The predicted octanol–water partition coefficient (Wildman–Crippen LogP) is -1.09. The first-order chi connectivity index (χ1) is 12.0. The van der Waals surface area contributed by atoms with Crippen LogP contribution in [0, 0.1) is 5.92 Å². The van der Waals surface area contributed by atoms with Crippen molar-refractivity contribution in [3.8, 4) is 0 Å². The number of nitrogens with one attached hydrogen (secondary N) is 2.